The lowest BCUT2D eigenvalue weighted by Crippen LogP contribution is -1.79. The van der Waals surface area contributed by atoms with Crippen LogP contribution >= 0.6 is 12.4 Å². The average molecular weight is 184 g/mol. The number of carbonyl (C=O) groups is 1. The summed E-state index contributed by atoms with van der Waals surface area (Å²) in [4.78, 5) is 14.4. The van der Waals surface area contributed by atoms with E-state index in [1.54, 1.807) is 18.5 Å². The molecule has 0 saturated heterocycles. The van der Waals surface area contributed by atoms with Crippen molar-refractivity contribution in [2.75, 3.05) is 0 Å². The van der Waals surface area contributed by atoms with Gasteiger partial charge >= 0.3 is 0 Å². The topological polar surface area (TPSA) is 30.0 Å². The van der Waals surface area contributed by atoms with Gasteiger partial charge in [-0.2, -0.15) is 0 Å². The molecular formula is C9H10ClNO. The molecule has 3 heteroatoms. The van der Waals surface area contributed by atoms with Crippen molar-refractivity contribution in [3.8, 4) is 0 Å². The van der Waals surface area contributed by atoms with Crippen LogP contribution in [0.5, 0.6) is 0 Å². The Bertz CT molecular complexity index is 269. The minimum Gasteiger partial charge on any atom is -0.295 e. The van der Waals surface area contributed by atoms with Gasteiger partial charge in [-0.05, 0) is 30.7 Å². The monoisotopic (exact) mass is 183 g/mol. The van der Waals surface area contributed by atoms with Crippen LogP contribution in [-0.4, -0.2) is 10.8 Å². The third kappa shape index (κ3) is 3.88. The first-order valence-corrected chi connectivity index (χ1v) is 3.38. The summed E-state index contributed by atoms with van der Waals surface area (Å²) in [6.07, 6.45) is 6.69. The number of carbonyl (C=O) groups excluding carboxylic acids is 1. The first kappa shape index (κ1) is 10.8. The fraction of sp³-hybridized carbons (Fsp3) is 0.111. The molecule has 0 aromatic carbocycles. The molecule has 0 aliphatic rings. The number of nitrogens with zero attached hydrogens (tertiary/aromatic N) is 1. The molecule has 0 aliphatic heterocycles. The van der Waals surface area contributed by atoms with E-state index in [2.05, 4.69) is 4.98 Å². The van der Waals surface area contributed by atoms with Crippen molar-refractivity contribution in [3.63, 3.8) is 0 Å². The molecule has 0 bridgehead atoms. The fourth-order valence-corrected chi connectivity index (χ4v) is 0.688. The Labute approximate surface area is 77.7 Å². The van der Waals surface area contributed by atoms with Crippen molar-refractivity contribution in [1.29, 1.82) is 0 Å². The van der Waals surface area contributed by atoms with E-state index in [1.165, 1.54) is 13.0 Å². The van der Waals surface area contributed by atoms with Gasteiger partial charge < -0.3 is 0 Å². The predicted octanol–water partition coefficient (Wildman–Crippen LogP) is 2.11. The molecular weight excluding hydrogens is 174 g/mol. The Kier molecular flexibility index (Phi) is 4.97. The standard InChI is InChI=1S/C9H9NO.ClH/c1-8(11)2-3-9-4-6-10-7-5-9;/h2-7H,1H3;1H/b3-2+;. The minimum absolute atomic E-state index is 0. The third-order valence-electron chi connectivity index (χ3n) is 1.22. The van der Waals surface area contributed by atoms with E-state index in [4.69, 9.17) is 0 Å². The molecule has 1 aromatic heterocycles. The van der Waals surface area contributed by atoms with Gasteiger partial charge in [-0.25, -0.2) is 0 Å². The molecule has 0 amide bonds. The number of hydrogen-bond acceptors (Lipinski definition) is 2. The van der Waals surface area contributed by atoms with Crippen molar-refractivity contribution < 1.29 is 4.79 Å². The largest absolute Gasteiger partial charge is 0.295 e. The molecule has 0 aliphatic carbocycles. The van der Waals surface area contributed by atoms with E-state index in [0.717, 1.165) is 5.56 Å². The number of pyridine rings is 1. The summed E-state index contributed by atoms with van der Waals surface area (Å²) >= 11 is 0. The molecule has 2 nitrogen and oxygen atoms in total. The number of aromatic nitrogens is 1. The number of rotatable bonds is 2. The second kappa shape index (κ2) is 5.49. The van der Waals surface area contributed by atoms with Gasteiger partial charge in [0.05, 0.1) is 0 Å². The van der Waals surface area contributed by atoms with E-state index in [9.17, 15) is 4.79 Å². The lowest BCUT2D eigenvalue weighted by atomic mass is 10.2. The summed E-state index contributed by atoms with van der Waals surface area (Å²) in [5, 5.41) is 0. The van der Waals surface area contributed by atoms with Gasteiger partial charge in [0.2, 0.25) is 0 Å². The number of ketones is 1. The maximum atomic E-state index is 10.5. The molecule has 0 saturated carbocycles. The van der Waals surface area contributed by atoms with E-state index in [1.807, 2.05) is 12.1 Å². The van der Waals surface area contributed by atoms with E-state index in [0.29, 0.717) is 0 Å². The van der Waals surface area contributed by atoms with Crippen molar-refractivity contribution in [2.45, 2.75) is 6.92 Å². The fourth-order valence-electron chi connectivity index (χ4n) is 0.688. The zero-order valence-electron chi connectivity index (χ0n) is 6.73. The van der Waals surface area contributed by atoms with Crippen molar-refractivity contribution >= 4 is 24.3 Å². The molecule has 1 aromatic rings. The predicted molar refractivity (Wildman–Crippen MR) is 51.2 cm³/mol. The molecule has 0 radical (unpaired) electrons. The summed E-state index contributed by atoms with van der Waals surface area (Å²) in [7, 11) is 0. The second-order valence-electron chi connectivity index (χ2n) is 2.22. The van der Waals surface area contributed by atoms with Crippen LogP contribution in [0, 0.1) is 0 Å². The van der Waals surface area contributed by atoms with E-state index in [-0.39, 0.29) is 18.2 Å². The highest BCUT2D eigenvalue weighted by atomic mass is 35.5. The molecule has 0 spiro atoms. The molecule has 0 fully saturated rings. The van der Waals surface area contributed by atoms with Gasteiger partial charge in [-0.15, -0.1) is 12.4 Å². The summed E-state index contributed by atoms with van der Waals surface area (Å²) in [6, 6.07) is 3.69. The van der Waals surface area contributed by atoms with Gasteiger partial charge in [0.1, 0.15) is 0 Å². The van der Waals surface area contributed by atoms with E-state index >= 15 is 0 Å². The van der Waals surface area contributed by atoms with Gasteiger partial charge in [0, 0.05) is 12.4 Å². The van der Waals surface area contributed by atoms with Gasteiger partial charge in [-0.1, -0.05) is 6.08 Å². The zero-order chi connectivity index (χ0) is 8.10. The quantitative estimate of drug-likeness (QED) is 0.658. The highest BCUT2D eigenvalue weighted by Gasteiger charge is 1.84. The Morgan fingerprint density at radius 2 is 2.00 bits per heavy atom. The number of halogens is 1. The van der Waals surface area contributed by atoms with Crippen molar-refractivity contribution in [2.24, 2.45) is 0 Å². The second-order valence-corrected chi connectivity index (χ2v) is 2.22. The van der Waals surface area contributed by atoms with Crippen LogP contribution in [0.1, 0.15) is 12.5 Å². The molecule has 12 heavy (non-hydrogen) atoms. The van der Waals surface area contributed by atoms with Gasteiger partial charge in [-0.3, -0.25) is 9.78 Å². The number of allylic oxidation sites excluding steroid dienone is 1. The summed E-state index contributed by atoms with van der Waals surface area (Å²) in [6.45, 7) is 1.53. The Balaban J connectivity index is 0.00000121. The minimum atomic E-state index is 0. The van der Waals surface area contributed by atoms with Crippen LogP contribution in [0.2, 0.25) is 0 Å². The normalized spacial score (nSPS) is 9.42. The van der Waals surface area contributed by atoms with Crippen LogP contribution in [0.3, 0.4) is 0 Å². The van der Waals surface area contributed by atoms with Crippen LogP contribution in [-0.2, 0) is 4.79 Å². The zero-order valence-corrected chi connectivity index (χ0v) is 7.54. The Hall–Kier alpha value is -1.15. The maximum absolute atomic E-state index is 10.5. The molecule has 1 rings (SSSR count). The maximum Gasteiger partial charge on any atom is 0.152 e. The molecule has 1 heterocycles. The SMILES string of the molecule is CC(=O)/C=C/c1ccncc1.Cl. The number of hydrogen-bond donors (Lipinski definition) is 0. The van der Waals surface area contributed by atoms with Crippen LogP contribution in [0.15, 0.2) is 30.6 Å². The first-order chi connectivity index (χ1) is 5.29. The smallest absolute Gasteiger partial charge is 0.152 e. The summed E-state index contributed by atoms with van der Waals surface area (Å²) in [5.41, 5.74) is 0.996. The lowest BCUT2D eigenvalue weighted by molar-refractivity contribution is -0.112. The molecule has 0 unspecified atom stereocenters. The molecule has 0 N–H and O–H groups in total. The van der Waals surface area contributed by atoms with Crippen molar-refractivity contribution in [3.05, 3.63) is 36.2 Å². The highest BCUT2D eigenvalue weighted by Crippen LogP contribution is 1.98. The third-order valence-corrected chi connectivity index (χ3v) is 1.22. The molecule has 64 valence electrons. The van der Waals surface area contributed by atoms with E-state index < -0.39 is 0 Å². The summed E-state index contributed by atoms with van der Waals surface area (Å²) < 4.78 is 0. The average Bonchev–Trinajstić information content (AvgIpc) is 2.03. The van der Waals surface area contributed by atoms with Crippen molar-refractivity contribution in [1.82, 2.24) is 4.98 Å². The first-order valence-electron chi connectivity index (χ1n) is 3.38. The highest BCUT2D eigenvalue weighted by molar-refractivity contribution is 5.91. The Morgan fingerprint density at radius 1 is 1.42 bits per heavy atom. The van der Waals surface area contributed by atoms with Crippen LogP contribution < -0.4 is 0 Å². The van der Waals surface area contributed by atoms with Gasteiger partial charge in [0.25, 0.3) is 0 Å². The van der Waals surface area contributed by atoms with Gasteiger partial charge in [0.15, 0.2) is 5.78 Å². The van der Waals surface area contributed by atoms with Crippen LogP contribution in [0.25, 0.3) is 6.08 Å². The molecule has 0 atom stereocenters. The Morgan fingerprint density at radius 3 is 2.50 bits per heavy atom. The van der Waals surface area contributed by atoms with Crippen LogP contribution in [0.4, 0.5) is 0 Å². The summed E-state index contributed by atoms with van der Waals surface area (Å²) in [5.74, 6) is 0.0572. The lowest BCUT2D eigenvalue weighted by Gasteiger charge is -1.87.